The molecule has 7 nitrogen and oxygen atoms in total. The van der Waals surface area contributed by atoms with Crippen LogP contribution < -0.4 is 16.0 Å². The van der Waals surface area contributed by atoms with Crippen molar-refractivity contribution in [2.75, 3.05) is 10.2 Å². The van der Waals surface area contributed by atoms with Crippen LogP contribution in [-0.4, -0.2) is 21.6 Å². The number of fused-ring (bicyclic) bond motifs is 2. The minimum Gasteiger partial charge on any atom is -0.366 e. The molecule has 0 fully saturated rings. The first kappa shape index (κ1) is 17.7. The van der Waals surface area contributed by atoms with Gasteiger partial charge in [-0.05, 0) is 36.4 Å². The van der Waals surface area contributed by atoms with Crippen LogP contribution in [0.15, 0.2) is 42.6 Å². The summed E-state index contributed by atoms with van der Waals surface area (Å²) < 4.78 is 29.5. The average molecular weight is 383 g/mol. The molecule has 0 radical (unpaired) electrons. The molecule has 9 heteroatoms. The van der Waals surface area contributed by atoms with E-state index >= 15 is 0 Å². The van der Waals surface area contributed by atoms with Gasteiger partial charge in [0.2, 0.25) is 0 Å². The Labute approximate surface area is 158 Å². The van der Waals surface area contributed by atoms with Crippen LogP contribution in [0.3, 0.4) is 0 Å². The largest absolute Gasteiger partial charge is 0.366 e. The van der Waals surface area contributed by atoms with Gasteiger partial charge in [0.15, 0.2) is 0 Å². The van der Waals surface area contributed by atoms with Gasteiger partial charge >= 0.3 is 0 Å². The van der Waals surface area contributed by atoms with Gasteiger partial charge in [0.05, 0.1) is 29.7 Å². The van der Waals surface area contributed by atoms with E-state index in [0.717, 1.165) is 6.07 Å². The summed E-state index contributed by atoms with van der Waals surface area (Å²) in [5.74, 6) is -2.16. The molecule has 28 heavy (non-hydrogen) atoms. The molecule has 1 aliphatic rings. The Morgan fingerprint density at radius 2 is 1.96 bits per heavy atom. The highest BCUT2D eigenvalue weighted by atomic mass is 19.1. The normalized spacial score (nSPS) is 12.6. The van der Waals surface area contributed by atoms with Crippen LogP contribution in [-0.2, 0) is 13.6 Å². The molecule has 142 valence electrons. The van der Waals surface area contributed by atoms with Crippen molar-refractivity contribution in [1.82, 2.24) is 9.78 Å². The number of rotatable bonds is 2. The zero-order chi connectivity index (χ0) is 20.0. The Balaban J connectivity index is 1.81. The van der Waals surface area contributed by atoms with E-state index in [0.29, 0.717) is 22.8 Å². The zero-order valence-corrected chi connectivity index (χ0v) is 14.7. The van der Waals surface area contributed by atoms with E-state index in [4.69, 9.17) is 5.73 Å². The molecule has 2 amide bonds. The van der Waals surface area contributed by atoms with Gasteiger partial charge in [0, 0.05) is 18.2 Å². The molecule has 0 aliphatic carbocycles. The Morgan fingerprint density at radius 1 is 1.18 bits per heavy atom. The molecular formula is C19H15F2N5O2. The topological polar surface area (TPSA) is 93.2 Å². The minimum absolute atomic E-state index is 0.0325. The van der Waals surface area contributed by atoms with Crippen molar-refractivity contribution in [3.63, 3.8) is 0 Å². The number of carbonyl (C=O) groups excluding carboxylic acids is 2. The maximum Gasteiger partial charge on any atom is 0.258 e. The molecule has 1 aromatic heterocycles. The van der Waals surface area contributed by atoms with Crippen LogP contribution >= 0.6 is 0 Å². The first-order chi connectivity index (χ1) is 13.3. The summed E-state index contributed by atoms with van der Waals surface area (Å²) >= 11 is 0. The van der Waals surface area contributed by atoms with E-state index in [1.807, 2.05) is 0 Å². The third kappa shape index (κ3) is 2.86. The number of hydrogen-bond acceptors (Lipinski definition) is 4. The van der Waals surface area contributed by atoms with E-state index in [2.05, 4.69) is 10.4 Å². The molecular weight excluding hydrogens is 368 g/mol. The second-order valence-electron chi connectivity index (χ2n) is 6.38. The Bertz CT molecular complexity index is 1130. The molecule has 0 unspecified atom stereocenters. The number of nitrogens with zero attached hydrogens (tertiary/aromatic N) is 3. The Kier molecular flexibility index (Phi) is 4.07. The highest BCUT2D eigenvalue weighted by molar-refractivity contribution is 6.09. The number of halogens is 2. The highest BCUT2D eigenvalue weighted by Crippen LogP contribution is 2.36. The van der Waals surface area contributed by atoms with Gasteiger partial charge in [0.1, 0.15) is 17.5 Å². The van der Waals surface area contributed by atoms with Gasteiger partial charge in [-0.2, -0.15) is 5.10 Å². The second kappa shape index (κ2) is 6.45. The van der Waals surface area contributed by atoms with Crippen molar-refractivity contribution in [3.8, 4) is 0 Å². The van der Waals surface area contributed by atoms with Crippen molar-refractivity contribution >= 4 is 29.0 Å². The van der Waals surface area contributed by atoms with Crippen molar-refractivity contribution in [2.24, 2.45) is 12.8 Å². The number of anilines is 3. The standard InChI is InChI=1S/C19H15F2N5O2/c1-25-18-11(8-23-25)9-26(16-5-3-12(20)7-15(16)24-18)19(28)10-2-4-13(17(22)27)14(21)6-10/h2-8,24H,9H2,1H3,(H2,22,27). The maximum atomic E-state index is 14.2. The van der Waals surface area contributed by atoms with Gasteiger partial charge in [-0.3, -0.25) is 14.3 Å². The van der Waals surface area contributed by atoms with Gasteiger partial charge in [-0.15, -0.1) is 0 Å². The van der Waals surface area contributed by atoms with Crippen LogP contribution in [0.1, 0.15) is 26.3 Å². The van der Waals surface area contributed by atoms with Crippen molar-refractivity contribution < 1.29 is 18.4 Å². The fourth-order valence-corrected chi connectivity index (χ4v) is 3.17. The van der Waals surface area contributed by atoms with E-state index in [1.165, 1.54) is 35.2 Å². The molecule has 0 saturated carbocycles. The number of nitrogens with two attached hydrogens (primary N) is 1. The number of nitrogens with one attached hydrogen (secondary N) is 1. The van der Waals surface area contributed by atoms with Crippen molar-refractivity contribution in [3.05, 3.63) is 70.9 Å². The molecule has 2 heterocycles. The van der Waals surface area contributed by atoms with Gasteiger partial charge in [-0.25, -0.2) is 8.78 Å². The molecule has 3 N–H and O–H groups in total. The average Bonchev–Trinajstić information content (AvgIpc) is 2.90. The quantitative estimate of drug-likeness (QED) is 0.712. The summed E-state index contributed by atoms with van der Waals surface area (Å²) in [6.45, 7) is 0.146. The number of aromatic nitrogens is 2. The fraction of sp³-hybridized carbons (Fsp3) is 0.105. The SMILES string of the molecule is Cn1ncc2c1Nc1cc(F)ccc1N(C(=O)c1ccc(C(N)=O)c(F)c1)C2. The number of benzene rings is 2. The second-order valence-corrected chi connectivity index (χ2v) is 6.38. The zero-order valence-electron chi connectivity index (χ0n) is 14.7. The number of carbonyl (C=O) groups is 2. The summed E-state index contributed by atoms with van der Waals surface area (Å²) in [5, 5.41) is 7.25. The number of primary amides is 1. The third-order valence-electron chi connectivity index (χ3n) is 4.57. The van der Waals surface area contributed by atoms with Crippen LogP contribution in [0.4, 0.5) is 26.0 Å². The maximum absolute atomic E-state index is 14.2. The van der Waals surface area contributed by atoms with E-state index in [1.54, 1.807) is 17.9 Å². The first-order valence-corrected chi connectivity index (χ1v) is 8.34. The molecule has 4 rings (SSSR count). The molecule has 0 bridgehead atoms. The lowest BCUT2D eigenvalue weighted by Gasteiger charge is -2.23. The highest BCUT2D eigenvalue weighted by Gasteiger charge is 2.27. The lowest BCUT2D eigenvalue weighted by molar-refractivity contribution is 0.0976. The third-order valence-corrected chi connectivity index (χ3v) is 4.57. The molecule has 0 saturated heterocycles. The lowest BCUT2D eigenvalue weighted by Crippen LogP contribution is -2.30. The van der Waals surface area contributed by atoms with Gasteiger partial charge in [-0.1, -0.05) is 0 Å². The van der Waals surface area contributed by atoms with Crippen molar-refractivity contribution in [1.29, 1.82) is 0 Å². The van der Waals surface area contributed by atoms with Gasteiger partial charge < -0.3 is 16.0 Å². The smallest absolute Gasteiger partial charge is 0.258 e. The number of aryl methyl sites for hydroxylation is 1. The predicted octanol–water partition coefficient (Wildman–Crippen LogP) is 2.70. The molecule has 1 aliphatic heterocycles. The first-order valence-electron chi connectivity index (χ1n) is 8.34. The molecule has 0 atom stereocenters. The predicted molar refractivity (Wildman–Crippen MR) is 98.3 cm³/mol. The van der Waals surface area contributed by atoms with Crippen LogP contribution in [0.25, 0.3) is 0 Å². The monoisotopic (exact) mass is 383 g/mol. The van der Waals surface area contributed by atoms with Crippen LogP contribution in [0.2, 0.25) is 0 Å². The van der Waals surface area contributed by atoms with Gasteiger partial charge in [0.25, 0.3) is 11.8 Å². The summed E-state index contributed by atoms with van der Waals surface area (Å²) in [6.07, 6.45) is 1.60. The number of hydrogen-bond donors (Lipinski definition) is 2. The number of amides is 2. The Morgan fingerprint density at radius 3 is 2.68 bits per heavy atom. The summed E-state index contributed by atoms with van der Waals surface area (Å²) in [5.41, 5.74) is 6.36. The van der Waals surface area contributed by atoms with E-state index < -0.39 is 23.4 Å². The Hall–Kier alpha value is -3.75. The van der Waals surface area contributed by atoms with E-state index in [-0.39, 0.29) is 17.7 Å². The van der Waals surface area contributed by atoms with Crippen LogP contribution in [0.5, 0.6) is 0 Å². The molecule has 2 aromatic carbocycles. The minimum atomic E-state index is -0.920. The molecule has 3 aromatic rings. The summed E-state index contributed by atoms with van der Waals surface area (Å²) in [4.78, 5) is 25.8. The lowest BCUT2D eigenvalue weighted by atomic mass is 10.1. The fourth-order valence-electron chi connectivity index (χ4n) is 3.17. The molecule has 0 spiro atoms. The van der Waals surface area contributed by atoms with Crippen LogP contribution in [0, 0.1) is 11.6 Å². The van der Waals surface area contributed by atoms with Crippen molar-refractivity contribution in [2.45, 2.75) is 6.54 Å². The van der Waals surface area contributed by atoms with E-state index in [9.17, 15) is 18.4 Å². The summed E-state index contributed by atoms with van der Waals surface area (Å²) in [7, 11) is 1.72. The summed E-state index contributed by atoms with van der Waals surface area (Å²) in [6, 6.07) is 7.45.